The quantitative estimate of drug-likeness (QED) is 0.218. The van der Waals surface area contributed by atoms with Crippen LogP contribution >= 0.6 is 11.8 Å². The lowest BCUT2D eigenvalue weighted by molar-refractivity contribution is -0.133. The summed E-state index contributed by atoms with van der Waals surface area (Å²) in [5, 5.41) is 5.77. The van der Waals surface area contributed by atoms with Crippen LogP contribution in [-0.2, 0) is 20.1 Å². The third kappa shape index (κ3) is 9.44. The fraction of sp³-hybridized carbons (Fsp3) is 0.579. The van der Waals surface area contributed by atoms with Gasteiger partial charge in [-0.2, -0.15) is 11.8 Å². The molecule has 7 rings (SSSR count). The zero-order chi connectivity index (χ0) is 37.6. The number of hydrogen-bond acceptors (Lipinski definition) is 12. The number of halogens is 2. The second-order valence-corrected chi connectivity index (χ2v) is 15.8. The molecule has 1 aromatic heterocycles. The summed E-state index contributed by atoms with van der Waals surface area (Å²) in [7, 11) is 1.51. The highest BCUT2D eigenvalue weighted by molar-refractivity contribution is 7.99. The number of hydrogen-bond donors (Lipinski definition) is 3. The Morgan fingerprint density at radius 3 is 2.39 bits per heavy atom. The number of piperidine rings is 2. The number of rotatable bonds is 13. The molecule has 0 spiro atoms. The number of imide groups is 1. The fourth-order valence-electron chi connectivity index (χ4n) is 7.61. The molecular formula is C38H49F2N7O6S. The van der Waals surface area contributed by atoms with Crippen molar-refractivity contribution in [2.75, 3.05) is 89.5 Å². The maximum absolute atomic E-state index is 15.4. The molecule has 1 atom stereocenters. The fourth-order valence-corrected chi connectivity index (χ4v) is 8.67. The van der Waals surface area contributed by atoms with Crippen molar-refractivity contribution in [3.05, 3.63) is 52.1 Å². The minimum absolute atomic E-state index is 0.0421. The average molecular weight is 770 g/mol. The van der Waals surface area contributed by atoms with Gasteiger partial charge in [0.25, 0.3) is 5.56 Å². The molecule has 0 saturated carbocycles. The summed E-state index contributed by atoms with van der Waals surface area (Å²) in [4.78, 5) is 50.6. The standard InChI is InChI=1S/C38H49F2N7O6S/c1-51-33-21-32(27(39)20-30(33)41-29-2-3-35(48)44-37(29)49)47-14-12-46(13-15-47)11-10-45-8-4-24(5-9-45)22-53-25-18-28(40)36-31(19-25)42-34(43-38(36)50)23-54-26-6-16-52-17-7-26/h18-21,24,26,29,41H,2-17,22-23H2,1H3,(H,42,43,50)(H,44,48,49). The van der Waals surface area contributed by atoms with Gasteiger partial charge < -0.3 is 34.3 Å². The Kier molecular flexibility index (Phi) is 12.5. The van der Waals surface area contributed by atoms with Crippen LogP contribution in [0.5, 0.6) is 11.5 Å². The number of nitrogens with zero attached hydrogens (tertiary/aromatic N) is 4. The molecule has 2 amide bonds. The lowest BCUT2D eigenvalue weighted by atomic mass is 9.98. The minimum atomic E-state index is -0.636. The Balaban J connectivity index is 0.839. The van der Waals surface area contributed by atoms with Crippen molar-refractivity contribution < 1.29 is 32.6 Å². The number of carbonyl (C=O) groups is 2. The van der Waals surface area contributed by atoms with E-state index in [4.69, 9.17) is 14.2 Å². The van der Waals surface area contributed by atoms with E-state index in [1.807, 2.05) is 4.90 Å². The average Bonchev–Trinajstić information content (AvgIpc) is 3.17. The highest BCUT2D eigenvalue weighted by Crippen LogP contribution is 2.34. The predicted molar refractivity (Wildman–Crippen MR) is 204 cm³/mol. The number of ether oxygens (including phenoxy) is 3. The number of H-pyrrole nitrogens is 1. The predicted octanol–water partition coefficient (Wildman–Crippen LogP) is 3.75. The van der Waals surface area contributed by atoms with Crippen LogP contribution in [0.4, 0.5) is 20.2 Å². The molecule has 2 aromatic carbocycles. The van der Waals surface area contributed by atoms with Gasteiger partial charge >= 0.3 is 0 Å². The molecule has 4 fully saturated rings. The van der Waals surface area contributed by atoms with Crippen molar-refractivity contribution in [1.29, 1.82) is 0 Å². The van der Waals surface area contributed by atoms with Crippen LogP contribution in [0.1, 0.15) is 44.3 Å². The number of aromatic nitrogens is 2. The van der Waals surface area contributed by atoms with E-state index in [1.165, 1.54) is 19.2 Å². The number of thioether (sulfide) groups is 1. The maximum Gasteiger partial charge on any atom is 0.261 e. The molecule has 5 heterocycles. The number of anilines is 2. The minimum Gasteiger partial charge on any atom is -0.495 e. The molecule has 4 saturated heterocycles. The molecule has 13 nitrogen and oxygen atoms in total. The molecule has 4 aliphatic heterocycles. The van der Waals surface area contributed by atoms with Gasteiger partial charge in [-0.15, -0.1) is 0 Å². The number of amides is 2. The number of aromatic amines is 1. The largest absolute Gasteiger partial charge is 0.495 e. The number of benzene rings is 2. The second kappa shape index (κ2) is 17.6. The number of likely N-dealkylation sites (tertiary alicyclic amines) is 1. The summed E-state index contributed by atoms with van der Waals surface area (Å²) >= 11 is 1.74. The zero-order valence-corrected chi connectivity index (χ0v) is 31.5. The molecule has 292 valence electrons. The molecule has 0 radical (unpaired) electrons. The number of methoxy groups -OCH3 is 1. The lowest BCUT2D eigenvalue weighted by Gasteiger charge is -2.38. The Morgan fingerprint density at radius 1 is 0.926 bits per heavy atom. The highest BCUT2D eigenvalue weighted by atomic mass is 32.2. The summed E-state index contributed by atoms with van der Waals surface area (Å²) in [5.74, 6) is 0.513. The smallest absolute Gasteiger partial charge is 0.261 e. The molecule has 1 unspecified atom stereocenters. The molecule has 0 aliphatic carbocycles. The van der Waals surface area contributed by atoms with Gasteiger partial charge in [0, 0.05) is 88.4 Å². The van der Waals surface area contributed by atoms with E-state index >= 15 is 8.78 Å². The first kappa shape index (κ1) is 38.3. The van der Waals surface area contributed by atoms with Gasteiger partial charge in [-0.1, -0.05) is 0 Å². The summed E-state index contributed by atoms with van der Waals surface area (Å²) in [6.07, 6.45) is 4.46. The van der Waals surface area contributed by atoms with Crippen LogP contribution in [-0.4, -0.2) is 122 Å². The Bertz CT molecular complexity index is 1860. The van der Waals surface area contributed by atoms with Gasteiger partial charge in [-0.05, 0) is 51.1 Å². The van der Waals surface area contributed by atoms with E-state index in [-0.39, 0.29) is 17.7 Å². The normalized spacial score (nSPS) is 21.0. The molecule has 16 heteroatoms. The van der Waals surface area contributed by atoms with Crippen LogP contribution in [0, 0.1) is 17.6 Å². The third-order valence-corrected chi connectivity index (χ3v) is 12.3. The van der Waals surface area contributed by atoms with Crippen molar-refractivity contribution in [1.82, 2.24) is 25.1 Å². The van der Waals surface area contributed by atoms with E-state index in [9.17, 15) is 14.4 Å². The maximum atomic E-state index is 15.4. The van der Waals surface area contributed by atoms with Crippen molar-refractivity contribution in [3.8, 4) is 11.5 Å². The van der Waals surface area contributed by atoms with E-state index < -0.39 is 29.1 Å². The second-order valence-electron chi connectivity index (χ2n) is 14.5. The molecular weight excluding hydrogens is 721 g/mol. The number of carbonyl (C=O) groups excluding carboxylic acids is 2. The van der Waals surface area contributed by atoms with Crippen molar-refractivity contribution >= 4 is 45.9 Å². The van der Waals surface area contributed by atoms with Crippen LogP contribution in [0.3, 0.4) is 0 Å². The van der Waals surface area contributed by atoms with Crippen molar-refractivity contribution in [3.63, 3.8) is 0 Å². The van der Waals surface area contributed by atoms with Gasteiger partial charge in [0.2, 0.25) is 11.8 Å². The topological polar surface area (TPSA) is 141 Å². The molecule has 3 N–H and O–H groups in total. The Labute approximate surface area is 317 Å². The van der Waals surface area contributed by atoms with Gasteiger partial charge in [0.1, 0.15) is 40.4 Å². The highest BCUT2D eigenvalue weighted by Gasteiger charge is 2.29. The summed E-state index contributed by atoms with van der Waals surface area (Å²) in [5.41, 5.74) is 0.688. The monoisotopic (exact) mass is 769 g/mol. The van der Waals surface area contributed by atoms with Gasteiger partial charge in [-0.25, -0.2) is 13.8 Å². The van der Waals surface area contributed by atoms with Crippen LogP contribution in [0.25, 0.3) is 10.9 Å². The first-order chi connectivity index (χ1) is 26.2. The summed E-state index contributed by atoms with van der Waals surface area (Å²) in [6.45, 7) is 8.72. The summed E-state index contributed by atoms with van der Waals surface area (Å²) < 4.78 is 47.4. The molecule has 54 heavy (non-hydrogen) atoms. The molecule has 3 aromatic rings. The van der Waals surface area contributed by atoms with Crippen LogP contribution in [0.15, 0.2) is 29.1 Å². The number of piperazine rings is 1. The van der Waals surface area contributed by atoms with Crippen molar-refractivity contribution in [2.45, 2.75) is 55.6 Å². The number of fused-ring (bicyclic) bond motifs is 1. The third-order valence-electron chi connectivity index (χ3n) is 10.9. The van der Waals surface area contributed by atoms with Gasteiger partial charge in [0.05, 0.1) is 36.4 Å². The van der Waals surface area contributed by atoms with Gasteiger partial charge in [0.15, 0.2) is 0 Å². The zero-order valence-electron chi connectivity index (χ0n) is 30.7. The lowest BCUT2D eigenvalue weighted by Crippen LogP contribution is -2.49. The Hall–Kier alpha value is -3.99. The first-order valence-electron chi connectivity index (χ1n) is 18.9. The first-order valence-corrected chi connectivity index (χ1v) is 20.0. The van der Waals surface area contributed by atoms with E-state index in [2.05, 4.69) is 30.4 Å². The number of nitrogens with one attached hydrogen (secondary N) is 3. The van der Waals surface area contributed by atoms with Crippen LogP contribution < -0.4 is 30.6 Å². The summed E-state index contributed by atoms with van der Waals surface area (Å²) in [6, 6.07) is 5.36. The van der Waals surface area contributed by atoms with Crippen LogP contribution in [0.2, 0.25) is 0 Å². The van der Waals surface area contributed by atoms with E-state index in [0.29, 0.717) is 77.3 Å². The molecule has 4 aliphatic rings. The molecule has 0 bridgehead atoms. The SMILES string of the molecule is COc1cc(N2CCN(CCN3CCC(COc4cc(F)c5c(=O)[nH]c(CSC6CCOCC6)nc5c4)CC3)CC2)c(F)cc1NC1CCC(=O)NC1=O. The van der Waals surface area contributed by atoms with Gasteiger partial charge in [-0.3, -0.25) is 24.6 Å². The van der Waals surface area contributed by atoms with E-state index in [1.54, 1.807) is 23.9 Å². The Morgan fingerprint density at radius 2 is 1.67 bits per heavy atom. The van der Waals surface area contributed by atoms with Crippen molar-refractivity contribution in [2.24, 2.45) is 5.92 Å². The van der Waals surface area contributed by atoms with E-state index in [0.717, 1.165) is 78.2 Å².